The van der Waals surface area contributed by atoms with E-state index in [-0.39, 0.29) is 6.04 Å². The zero-order valence-corrected chi connectivity index (χ0v) is 13.3. The number of hydrogen-bond acceptors (Lipinski definition) is 3. The summed E-state index contributed by atoms with van der Waals surface area (Å²) in [4.78, 5) is 3.98. The van der Waals surface area contributed by atoms with Crippen LogP contribution in [0.5, 0.6) is 0 Å². The van der Waals surface area contributed by atoms with E-state index >= 15 is 0 Å². The third kappa shape index (κ3) is 2.57. The molecule has 1 atom stereocenters. The van der Waals surface area contributed by atoms with Gasteiger partial charge in [0, 0.05) is 34.2 Å². The number of fused-ring (bicyclic) bond motifs is 1. The van der Waals surface area contributed by atoms with Crippen LogP contribution in [-0.2, 0) is 13.0 Å². The Hall–Kier alpha value is -0.840. The third-order valence-corrected chi connectivity index (χ3v) is 5.15. The molecule has 2 aromatic rings. The Morgan fingerprint density at radius 2 is 2.21 bits per heavy atom. The van der Waals surface area contributed by atoms with E-state index in [4.69, 9.17) is 5.73 Å². The molecule has 1 aromatic carbocycles. The number of benzene rings is 1. The second-order valence-corrected chi connectivity index (χ2v) is 6.95. The minimum absolute atomic E-state index is 0.0620. The Labute approximate surface area is 126 Å². The summed E-state index contributed by atoms with van der Waals surface area (Å²) in [5, 5.41) is 2.20. The van der Waals surface area contributed by atoms with Crippen molar-refractivity contribution in [1.82, 2.24) is 0 Å². The topological polar surface area (TPSA) is 29.3 Å². The maximum absolute atomic E-state index is 6.11. The van der Waals surface area contributed by atoms with Gasteiger partial charge in [0.05, 0.1) is 0 Å². The molecule has 0 bridgehead atoms. The van der Waals surface area contributed by atoms with Crippen molar-refractivity contribution in [3.05, 3.63) is 50.1 Å². The monoisotopic (exact) mass is 336 g/mol. The van der Waals surface area contributed by atoms with Crippen molar-refractivity contribution in [2.45, 2.75) is 25.9 Å². The molecular weight excluding hydrogens is 320 g/mol. The molecule has 0 aliphatic carbocycles. The average Bonchev–Trinajstić information content (AvgIpc) is 2.85. The largest absolute Gasteiger partial charge is 0.366 e. The molecule has 1 aliphatic heterocycles. The van der Waals surface area contributed by atoms with Gasteiger partial charge in [-0.3, -0.25) is 0 Å². The van der Waals surface area contributed by atoms with Gasteiger partial charge < -0.3 is 10.6 Å². The molecule has 1 unspecified atom stereocenters. The molecule has 0 radical (unpaired) electrons. The number of nitrogens with two attached hydrogens (primary N) is 1. The standard InChI is InChI=1S/C15H17BrN2S/c1-10(17)13-3-2-12(16)8-14(13)18-6-4-15-11(9-18)5-7-19-15/h2-3,5,7-8,10H,4,6,9,17H2,1H3. The van der Waals surface area contributed by atoms with Gasteiger partial charge in [0.25, 0.3) is 0 Å². The van der Waals surface area contributed by atoms with Gasteiger partial charge in [-0.2, -0.15) is 0 Å². The van der Waals surface area contributed by atoms with Crippen LogP contribution in [0.15, 0.2) is 34.1 Å². The molecule has 0 saturated carbocycles. The van der Waals surface area contributed by atoms with Gasteiger partial charge in [0.1, 0.15) is 0 Å². The highest BCUT2D eigenvalue weighted by molar-refractivity contribution is 9.10. The van der Waals surface area contributed by atoms with Crippen molar-refractivity contribution in [3.63, 3.8) is 0 Å². The first-order valence-corrected chi connectivity index (χ1v) is 8.17. The van der Waals surface area contributed by atoms with E-state index in [1.165, 1.54) is 21.7 Å². The lowest BCUT2D eigenvalue weighted by Crippen LogP contribution is -2.30. The van der Waals surface area contributed by atoms with Gasteiger partial charge in [-0.1, -0.05) is 22.0 Å². The maximum atomic E-state index is 6.11. The Bertz CT molecular complexity index is 592. The second-order valence-electron chi connectivity index (χ2n) is 5.03. The summed E-state index contributed by atoms with van der Waals surface area (Å²) >= 11 is 5.45. The Morgan fingerprint density at radius 3 is 3.00 bits per heavy atom. The van der Waals surface area contributed by atoms with E-state index < -0.39 is 0 Å². The smallest absolute Gasteiger partial charge is 0.0440 e. The summed E-state index contributed by atoms with van der Waals surface area (Å²) < 4.78 is 1.11. The Morgan fingerprint density at radius 1 is 1.37 bits per heavy atom. The SMILES string of the molecule is CC(N)c1ccc(Br)cc1N1CCc2sccc2C1. The fourth-order valence-electron chi connectivity index (χ4n) is 2.63. The van der Waals surface area contributed by atoms with Crippen molar-refractivity contribution < 1.29 is 0 Å². The number of rotatable bonds is 2. The van der Waals surface area contributed by atoms with Gasteiger partial charge in [0.2, 0.25) is 0 Å². The molecule has 0 fully saturated rings. The number of nitrogens with zero attached hydrogens (tertiary/aromatic N) is 1. The van der Waals surface area contributed by atoms with E-state index in [2.05, 4.69) is 50.5 Å². The zero-order chi connectivity index (χ0) is 13.4. The van der Waals surface area contributed by atoms with Crippen LogP contribution < -0.4 is 10.6 Å². The molecule has 0 amide bonds. The molecule has 1 aliphatic rings. The van der Waals surface area contributed by atoms with E-state index in [0.29, 0.717) is 0 Å². The van der Waals surface area contributed by atoms with Crippen LogP contribution in [0.2, 0.25) is 0 Å². The van der Waals surface area contributed by atoms with Crippen LogP contribution >= 0.6 is 27.3 Å². The molecule has 0 spiro atoms. The first kappa shape index (κ1) is 13.2. The molecule has 19 heavy (non-hydrogen) atoms. The van der Waals surface area contributed by atoms with E-state index in [1.54, 1.807) is 0 Å². The lowest BCUT2D eigenvalue weighted by Gasteiger charge is -2.31. The number of halogens is 1. The molecule has 3 rings (SSSR count). The summed E-state index contributed by atoms with van der Waals surface area (Å²) in [5.41, 5.74) is 10.1. The molecule has 100 valence electrons. The van der Waals surface area contributed by atoms with Gasteiger partial charge in [-0.15, -0.1) is 11.3 Å². The molecule has 4 heteroatoms. The number of hydrogen-bond donors (Lipinski definition) is 1. The molecular formula is C15H17BrN2S. The van der Waals surface area contributed by atoms with E-state index in [9.17, 15) is 0 Å². The minimum Gasteiger partial charge on any atom is -0.366 e. The second kappa shape index (κ2) is 5.27. The third-order valence-electron chi connectivity index (χ3n) is 3.63. The highest BCUT2D eigenvalue weighted by Crippen LogP contribution is 2.33. The van der Waals surface area contributed by atoms with Crippen LogP contribution in [0.1, 0.15) is 29.0 Å². The molecule has 1 aromatic heterocycles. The van der Waals surface area contributed by atoms with Gasteiger partial charge in [-0.05, 0) is 48.1 Å². The summed E-state index contributed by atoms with van der Waals surface area (Å²) in [6.07, 6.45) is 1.14. The highest BCUT2D eigenvalue weighted by atomic mass is 79.9. The maximum Gasteiger partial charge on any atom is 0.0440 e. The van der Waals surface area contributed by atoms with Crippen LogP contribution in [0.3, 0.4) is 0 Å². The quantitative estimate of drug-likeness (QED) is 0.894. The summed E-state index contributed by atoms with van der Waals surface area (Å²) in [7, 11) is 0. The van der Waals surface area contributed by atoms with Crippen molar-refractivity contribution in [2.75, 3.05) is 11.4 Å². The first-order chi connectivity index (χ1) is 9.15. The fourth-order valence-corrected chi connectivity index (χ4v) is 3.87. The average molecular weight is 337 g/mol. The Kier molecular flexibility index (Phi) is 3.65. The predicted molar refractivity (Wildman–Crippen MR) is 85.8 cm³/mol. The van der Waals surface area contributed by atoms with Crippen molar-refractivity contribution >= 4 is 33.0 Å². The van der Waals surface area contributed by atoms with E-state index in [0.717, 1.165) is 24.0 Å². The van der Waals surface area contributed by atoms with Crippen molar-refractivity contribution in [1.29, 1.82) is 0 Å². The summed E-state index contributed by atoms with van der Waals surface area (Å²) in [6, 6.07) is 8.70. The molecule has 0 saturated heterocycles. The summed E-state index contributed by atoms with van der Waals surface area (Å²) in [5.74, 6) is 0. The summed E-state index contributed by atoms with van der Waals surface area (Å²) in [6.45, 7) is 4.12. The number of anilines is 1. The van der Waals surface area contributed by atoms with Crippen LogP contribution in [-0.4, -0.2) is 6.54 Å². The number of thiophene rings is 1. The minimum atomic E-state index is 0.0620. The van der Waals surface area contributed by atoms with Crippen molar-refractivity contribution in [2.24, 2.45) is 5.73 Å². The molecule has 2 heterocycles. The van der Waals surface area contributed by atoms with Crippen LogP contribution in [0, 0.1) is 0 Å². The fraction of sp³-hybridized carbons (Fsp3) is 0.333. The van der Waals surface area contributed by atoms with Gasteiger partial charge in [0.15, 0.2) is 0 Å². The van der Waals surface area contributed by atoms with Crippen LogP contribution in [0.4, 0.5) is 5.69 Å². The highest BCUT2D eigenvalue weighted by Gasteiger charge is 2.20. The predicted octanol–water partition coefficient (Wildman–Crippen LogP) is 4.09. The molecule has 2 N–H and O–H groups in total. The lowest BCUT2D eigenvalue weighted by molar-refractivity contribution is 0.725. The van der Waals surface area contributed by atoms with Crippen molar-refractivity contribution in [3.8, 4) is 0 Å². The van der Waals surface area contributed by atoms with E-state index in [1.807, 2.05) is 18.3 Å². The molecule has 2 nitrogen and oxygen atoms in total. The lowest BCUT2D eigenvalue weighted by atomic mass is 10.0. The Balaban J connectivity index is 1.97. The van der Waals surface area contributed by atoms with Gasteiger partial charge >= 0.3 is 0 Å². The first-order valence-electron chi connectivity index (χ1n) is 6.50. The zero-order valence-electron chi connectivity index (χ0n) is 10.9. The van der Waals surface area contributed by atoms with Gasteiger partial charge in [-0.25, -0.2) is 0 Å². The normalized spacial score (nSPS) is 16.3. The van der Waals surface area contributed by atoms with Crippen LogP contribution in [0.25, 0.3) is 0 Å².